The molecule has 2 N–H and O–H groups in total. The van der Waals surface area contributed by atoms with Crippen LogP contribution in [0.1, 0.15) is 21.0 Å². The summed E-state index contributed by atoms with van der Waals surface area (Å²) in [5.74, 6) is -1.48. The van der Waals surface area contributed by atoms with E-state index in [0.29, 0.717) is 0 Å². The zero-order chi connectivity index (χ0) is 13.8. The molecule has 1 heterocycles. The van der Waals surface area contributed by atoms with Crippen LogP contribution in [-0.4, -0.2) is 33.5 Å². The van der Waals surface area contributed by atoms with E-state index in [1.807, 2.05) is 0 Å². The zero-order valence-corrected chi connectivity index (χ0v) is 10.6. The van der Waals surface area contributed by atoms with Gasteiger partial charge < -0.3 is 9.84 Å². The predicted molar refractivity (Wildman–Crippen MR) is 67.3 cm³/mol. The number of anilines is 1. The molecule has 0 atom stereocenters. The number of nitrogens with zero attached hydrogens (tertiary/aromatic N) is 2. The zero-order valence-electron chi connectivity index (χ0n) is 9.78. The molecule has 0 unspecified atom stereocenters. The molecule has 19 heavy (non-hydrogen) atoms. The number of phenolic OH excluding ortho intramolecular Hbond substituents is 1. The lowest BCUT2D eigenvalue weighted by molar-refractivity contribution is 0.0588. The first kappa shape index (κ1) is 13.0. The maximum absolute atomic E-state index is 11.8. The van der Waals surface area contributed by atoms with Gasteiger partial charge in [0.1, 0.15) is 5.75 Å². The third kappa shape index (κ3) is 2.86. The molecule has 0 aliphatic heterocycles. The number of esters is 1. The van der Waals surface area contributed by atoms with Gasteiger partial charge in [0.15, 0.2) is 0 Å². The van der Waals surface area contributed by atoms with E-state index >= 15 is 0 Å². The topological polar surface area (TPSA) is 101 Å². The number of nitrogens with one attached hydrogen (secondary N) is 1. The molecular weight excluding hydrogens is 270 g/mol. The average Bonchev–Trinajstić information content (AvgIpc) is 2.86. The highest BCUT2D eigenvalue weighted by molar-refractivity contribution is 7.10. The van der Waals surface area contributed by atoms with E-state index in [4.69, 9.17) is 0 Å². The van der Waals surface area contributed by atoms with Crippen LogP contribution in [0.2, 0.25) is 0 Å². The first-order valence-corrected chi connectivity index (χ1v) is 5.90. The van der Waals surface area contributed by atoms with E-state index in [1.54, 1.807) is 12.1 Å². The van der Waals surface area contributed by atoms with Crippen LogP contribution in [0.15, 0.2) is 24.3 Å². The fraction of sp³-hybridized carbons (Fsp3) is 0.0909. The Labute approximate surface area is 112 Å². The maximum atomic E-state index is 11.8. The Bertz CT molecular complexity index is 626. The molecule has 1 amide bonds. The van der Waals surface area contributed by atoms with Gasteiger partial charge in [0.05, 0.1) is 12.7 Å². The summed E-state index contributed by atoms with van der Waals surface area (Å²) in [7, 11) is 1.21. The van der Waals surface area contributed by atoms with Gasteiger partial charge in [-0.3, -0.25) is 10.1 Å². The third-order valence-corrected chi connectivity index (χ3v) is 2.79. The van der Waals surface area contributed by atoms with Gasteiger partial charge >= 0.3 is 5.97 Å². The summed E-state index contributed by atoms with van der Waals surface area (Å²) in [6, 6.07) is 6.09. The van der Waals surface area contributed by atoms with Crippen molar-refractivity contribution in [2.75, 3.05) is 12.4 Å². The number of phenols is 1. The van der Waals surface area contributed by atoms with Crippen LogP contribution in [0.5, 0.6) is 5.75 Å². The number of carbonyl (C=O) groups excluding carboxylic acids is 2. The molecule has 0 radical (unpaired) electrons. The number of aromatic hydroxyl groups is 1. The van der Waals surface area contributed by atoms with E-state index in [-0.39, 0.29) is 22.3 Å². The molecule has 7 nitrogen and oxygen atoms in total. The Morgan fingerprint density at radius 1 is 1.37 bits per heavy atom. The van der Waals surface area contributed by atoms with E-state index in [2.05, 4.69) is 19.4 Å². The molecule has 0 aliphatic rings. The quantitative estimate of drug-likeness (QED) is 0.821. The maximum Gasteiger partial charge on any atom is 0.377 e. The second kappa shape index (κ2) is 5.44. The lowest BCUT2D eigenvalue weighted by Crippen LogP contribution is -2.12. The highest BCUT2D eigenvalue weighted by Crippen LogP contribution is 2.18. The van der Waals surface area contributed by atoms with Gasteiger partial charge in [-0.1, -0.05) is 12.1 Å². The number of para-hydroxylation sites is 1. The normalized spacial score (nSPS) is 9.95. The molecular formula is C11H9N3O4S. The number of ether oxygens (including phenoxy) is 1. The number of hydrogen-bond acceptors (Lipinski definition) is 7. The number of hydrogen-bond donors (Lipinski definition) is 2. The molecule has 0 bridgehead atoms. The van der Waals surface area contributed by atoms with Crippen LogP contribution in [0.25, 0.3) is 0 Å². The Morgan fingerprint density at radius 2 is 2.11 bits per heavy atom. The minimum Gasteiger partial charge on any atom is -0.507 e. The van der Waals surface area contributed by atoms with Gasteiger partial charge in [-0.2, -0.15) is 9.36 Å². The van der Waals surface area contributed by atoms with Gasteiger partial charge in [0.25, 0.3) is 11.7 Å². The fourth-order valence-corrected chi connectivity index (χ4v) is 1.83. The Kier molecular flexibility index (Phi) is 3.71. The summed E-state index contributed by atoms with van der Waals surface area (Å²) in [5, 5.41) is 12.1. The summed E-state index contributed by atoms with van der Waals surface area (Å²) in [4.78, 5) is 26.8. The van der Waals surface area contributed by atoms with Gasteiger partial charge in [-0.15, -0.1) is 0 Å². The lowest BCUT2D eigenvalue weighted by atomic mass is 10.2. The van der Waals surface area contributed by atoms with Crippen LogP contribution in [0.3, 0.4) is 0 Å². The number of benzene rings is 1. The number of aromatic nitrogens is 2. The molecule has 2 rings (SSSR count). The van der Waals surface area contributed by atoms with Crippen LogP contribution < -0.4 is 5.32 Å². The second-order valence-corrected chi connectivity index (χ2v) is 4.14. The van der Waals surface area contributed by atoms with Crippen molar-refractivity contribution in [2.24, 2.45) is 0 Å². The monoisotopic (exact) mass is 279 g/mol. The van der Waals surface area contributed by atoms with E-state index < -0.39 is 11.9 Å². The van der Waals surface area contributed by atoms with E-state index in [1.165, 1.54) is 19.2 Å². The molecule has 0 aliphatic carbocycles. The Hall–Kier alpha value is -2.48. The third-order valence-electron chi connectivity index (χ3n) is 2.16. The number of amides is 1. The van der Waals surface area contributed by atoms with Crippen molar-refractivity contribution in [3.63, 3.8) is 0 Å². The van der Waals surface area contributed by atoms with Crippen molar-refractivity contribution in [1.29, 1.82) is 0 Å². The number of carbonyl (C=O) groups is 2. The standard InChI is InChI=1S/C11H9N3O4S/c1-18-10(17)8-12-11(19-14-8)13-9(16)6-4-2-3-5-7(6)15/h2-5,15H,1H3,(H,12,13,14,16). The van der Waals surface area contributed by atoms with Crippen LogP contribution in [0, 0.1) is 0 Å². The summed E-state index contributed by atoms with van der Waals surface area (Å²) >= 11 is 0.847. The smallest absolute Gasteiger partial charge is 0.377 e. The molecule has 0 fully saturated rings. The van der Waals surface area contributed by atoms with Crippen LogP contribution in [0.4, 0.5) is 5.13 Å². The molecule has 0 saturated heterocycles. The first-order chi connectivity index (χ1) is 9.11. The van der Waals surface area contributed by atoms with Gasteiger partial charge in [-0.25, -0.2) is 4.79 Å². The molecule has 0 spiro atoms. The van der Waals surface area contributed by atoms with Crippen molar-refractivity contribution in [3.05, 3.63) is 35.7 Å². The van der Waals surface area contributed by atoms with Crippen LogP contribution >= 0.6 is 11.5 Å². The fourth-order valence-electron chi connectivity index (χ4n) is 1.28. The Morgan fingerprint density at radius 3 is 2.79 bits per heavy atom. The summed E-state index contributed by atoms with van der Waals surface area (Å²) in [6.45, 7) is 0. The highest BCUT2D eigenvalue weighted by atomic mass is 32.1. The Balaban J connectivity index is 2.14. The SMILES string of the molecule is COC(=O)c1nsc(NC(=O)c2ccccc2O)n1. The van der Waals surface area contributed by atoms with Crippen molar-refractivity contribution >= 4 is 28.5 Å². The largest absolute Gasteiger partial charge is 0.507 e. The molecule has 98 valence electrons. The van der Waals surface area contributed by atoms with E-state index in [0.717, 1.165) is 11.5 Å². The second-order valence-electron chi connectivity index (χ2n) is 3.39. The summed E-state index contributed by atoms with van der Waals surface area (Å²) in [6.07, 6.45) is 0. The van der Waals surface area contributed by atoms with Gasteiger partial charge in [0, 0.05) is 11.5 Å². The van der Waals surface area contributed by atoms with Crippen molar-refractivity contribution in [2.45, 2.75) is 0 Å². The number of rotatable bonds is 3. The lowest BCUT2D eigenvalue weighted by Gasteiger charge is -2.02. The highest BCUT2D eigenvalue weighted by Gasteiger charge is 2.16. The molecule has 8 heteroatoms. The van der Waals surface area contributed by atoms with Crippen molar-refractivity contribution < 1.29 is 19.4 Å². The van der Waals surface area contributed by atoms with Crippen molar-refractivity contribution in [1.82, 2.24) is 9.36 Å². The van der Waals surface area contributed by atoms with E-state index in [9.17, 15) is 14.7 Å². The summed E-state index contributed by atoms with van der Waals surface area (Å²) < 4.78 is 8.18. The summed E-state index contributed by atoms with van der Waals surface area (Å²) in [5.41, 5.74) is 0.109. The average molecular weight is 279 g/mol. The van der Waals surface area contributed by atoms with Crippen LogP contribution in [-0.2, 0) is 4.74 Å². The molecule has 1 aromatic carbocycles. The van der Waals surface area contributed by atoms with Gasteiger partial charge in [0.2, 0.25) is 5.13 Å². The minimum absolute atomic E-state index is 0.109. The first-order valence-electron chi connectivity index (χ1n) is 5.13. The predicted octanol–water partition coefficient (Wildman–Crippen LogP) is 1.28. The number of methoxy groups -OCH3 is 1. The molecule has 0 saturated carbocycles. The molecule has 1 aromatic heterocycles. The molecule has 2 aromatic rings. The van der Waals surface area contributed by atoms with Gasteiger partial charge in [-0.05, 0) is 12.1 Å². The van der Waals surface area contributed by atoms with Crippen molar-refractivity contribution in [3.8, 4) is 5.75 Å². The minimum atomic E-state index is -0.681.